The van der Waals surface area contributed by atoms with Gasteiger partial charge in [0.05, 0.1) is 6.07 Å². The number of nitriles is 1. The van der Waals surface area contributed by atoms with E-state index in [4.69, 9.17) is 5.26 Å². The molecule has 15 heavy (non-hydrogen) atoms. The maximum Gasteiger partial charge on any atom is 0.673 e. The van der Waals surface area contributed by atoms with E-state index < -0.39 is 7.25 Å². The molecule has 0 spiro atoms. The predicted octanol–water partition coefficient (Wildman–Crippen LogP) is 2.35. The highest BCUT2D eigenvalue weighted by Crippen LogP contribution is 2.09. The molecule has 1 aromatic rings. The van der Waals surface area contributed by atoms with E-state index >= 15 is 0 Å². The van der Waals surface area contributed by atoms with Crippen molar-refractivity contribution < 1.29 is 17.3 Å². The molecule has 0 aromatic carbocycles. The lowest BCUT2D eigenvalue weighted by Gasteiger charge is -2.00. The Balaban J connectivity index is 0.000000336. The Morgan fingerprint density at radius 3 is 2.20 bits per heavy atom. The minimum Gasteiger partial charge on any atom is -0.418 e. The van der Waals surface area contributed by atoms with E-state index in [1.807, 2.05) is 24.7 Å². The van der Waals surface area contributed by atoms with Crippen LogP contribution >= 0.6 is 0 Å². The van der Waals surface area contributed by atoms with Gasteiger partial charge < -0.3 is 21.8 Å². The molecule has 0 saturated heterocycles. The van der Waals surface area contributed by atoms with Gasteiger partial charge in [0, 0.05) is 19.4 Å². The Morgan fingerprint density at radius 2 is 1.93 bits per heavy atom. The second-order valence-electron chi connectivity index (χ2n) is 2.74. The molecule has 1 atom stereocenters. The van der Waals surface area contributed by atoms with Crippen LogP contribution in [0, 0.1) is 11.3 Å². The molecule has 0 N–H and O–H groups in total. The fourth-order valence-corrected chi connectivity index (χ4v) is 0.852. The molecule has 0 aliphatic heterocycles. The van der Waals surface area contributed by atoms with Gasteiger partial charge in [-0.05, 0) is 6.92 Å². The highest BCUT2D eigenvalue weighted by Gasteiger charge is 2.20. The quantitative estimate of drug-likeness (QED) is 0.540. The van der Waals surface area contributed by atoms with Crippen LogP contribution in [0.1, 0.15) is 18.7 Å². The summed E-state index contributed by atoms with van der Waals surface area (Å²) in [5, 5.41) is 8.53. The van der Waals surface area contributed by atoms with Gasteiger partial charge in [0.15, 0.2) is 0 Å². The molecule has 1 aromatic heterocycles. The standard InChI is InChI=1S/C7H9N3.BF4/c1-6(5-8)7-9-3-4-10(7)2;2-1(3,4)5/h3-4,6H,1-2H3;/q;-1. The third kappa shape index (κ3) is 6.54. The first-order valence-electron chi connectivity index (χ1n) is 4.00. The number of aryl methyl sites for hydroxylation is 1. The largest absolute Gasteiger partial charge is 0.673 e. The number of imidazole rings is 1. The van der Waals surface area contributed by atoms with Crippen LogP contribution in [0.3, 0.4) is 0 Å². The average molecular weight is 222 g/mol. The van der Waals surface area contributed by atoms with Crippen molar-refractivity contribution in [1.82, 2.24) is 9.55 Å². The van der Waals surface area contributed by atoms with Gasteiger partial charge >= 0.3 is 7.25 Å². The number of hydrogen-bond acceptors (Lipinski definition) is 2. The second kappa shape index (κ2) is 5.39. The topological polar surface area (TPSA) is 41.6 Å². The van der Waals surface area contributed by atoms with Crippen LogP contribution in [-0.4, -0.2) is 16.8 Å². The first-order valence-corrected chi connectivity index (χ1v) is 4.00. The van der Waals surface area contributed by atoms with Crippen molar-refractivity contribution >= 4 is 7.25 Å². The smallest absolute Gasteiger partial charge is 0.418 e. The van der Waals surface area contributed by atoms with Crippen LogP contribution in [0.15, 0.2) is 12.4 Å². The molecular formula is C7H9BF4N3-. The Labute approximate surface area is 84.4 Å². The van der Waals surface area contributed by atoms with Gasteiger partial charge in [0.25, 0.3) is 0 Å². The van der Waals surface area contributed by atoms with Gasteiger partial charge in [-0.25, -0.2) is 4.98 Å². The summed E-state index contributed by atoms with van der Waals surface area (Å²) in [5.74, 6) is 0.711. The normalized spacial score (nSPS) is 12.3. The zero-order valence-corrected chi connectivity index (χ0v) is 8.16. The fraction of sp³-hybridized carbons (Fsp3) is 0.429. The van der Waals surface area contributed by atoms with Crippen molar-refractivity contribution in [3.63, 3.8) is 0 Å². The number of aromatic nitrogens is 2. The molecule has 0 radical (unpaired) electrons. The molecule has 1 heterocycles. The molecule has 3 nitrogen and oxygen atoms in total. The summed E-state index contributed by atoms with van der Waals surface area (Å²) < 4.78 is 40.9. The summed E-state index contributed by atoms with van der Waals surface area (Å²) in [6.07, 6.45) is 3.53. The lowest BCUT2D eigenvalue weighted by atomic mass is 10.2. The molecule has 0 saturated carbocycles. The van der Waals surface area contributed by atoms with E-state index in [0.717, 1.165) is 5.82 Å². The van der Waals surface area contributed by atoms with Crippen molar-refractivity contribution in [1.29, 1.82) is 5.26 Å². The molecule has 0 amide bonds. The highest BCUT2D eigenvalue weighted by atomic mass is 19.5. The van der Waals surface area contributed by atoms with Gasteiger partial charge in [-0.1, -0.05) is 0 Å². The lowest BCUT2D eigenvalue weighted by molar-refractivity contribution is 0.368. The van der Waals surface area contributed by atoms with Gasteiger partial charge in [0.1, 0.15) is 11.7 Å². The molecule has 0 fully saturated rings. The number of hydrogen-bond donors (Lipinski definition) is 0. The molecule has 1 rings (SSSR count). The summed E-state index contributed by atoms with van der Waals surface area (Å²) in [4.78, 5) is 4.03. The van der Waals surface area contributed by atoms with Crippen LogP contribution in [-0.2, 0) is 7.05 Å². The first kappa shape index (κ1) is 13.5. The van der Waals surface area contributed by atoms with Crippen LogP contribution in [0.4, 0.5) is 17.3 Å². The predicted molar refractivity (Wildman–Crippen MR) is 47.4 cm³/mol. The van der Waals surface area contributed by atoms with Gasteiger partial charge in [-0.2, -0.15) is 5.26 Å². The lowest BCUT2D eigenvalue weighted by Crippen LogP contribution is -2.02. The van der Waals surface area contributed by atoms with E-state index in [1.165, 1.54) is 0 Å². The molecule has 84 valence electrons. The van der Waals surface area contributed by atoms with Crippen molar-refractivity contribution in [3.05, 3.63) is 18.2 Å². The third-order valence-electron chi connectivity index (χ3n) is 1.44. The van der Waals surface area contributed by atoms with Crippen LogP contribution in [0.2, 0.25) is 0 Å². The van der Waals surface area contributed by atoms with Crippen molar-refractivity contribution in [2.75, 3.05) is 0 Å². The highest BCUT2D eigenvalue weighted by molar-refractivity contribution is 6.50. The van der Waals surface area contributed by atoms with E-state index in [2.05, 4.69) is 11.1 Å². The van der Waals surface area contributed by atoms with Crippen molar-refractivity contribution in [2.45, 2.75) is 12.8 Å². The maximum atomic E-state index is 9.75. The minimum absolute atomic E-state index is 0.111. The van der Waals surface area contributed by atoms with Crippen LogP contribution in [0.25, 0.3) is 0 Å². The number of nitrogens with zero attached hydrogens (tertiary/aromatic N) is 3. The Morgan fingerprint density at radius 1 is 1.47 bits per heavy atom. The molecule has 8 heteroatoms. The monoisotopic (exact) mass is 222 g/mol. The average Bonchev–Trinajstić information content (AvgIpc) is 2.47. The summed E-state index contributed by atoms with van der Waals surface area (Å²) in [6.45, 7) is 1.84. The summed E-state index contributed by atoms with van der Waals surface area (Å²) in [5.41, 5.74) is 0. The minimum atomic E-state index is -6.00. The number of rotatable bonds is 1. The molecule has 0 aliphatic rings. The van der Waals surface area contributed by atoms with Crippen LogP contribution < -0.4 is 0 Å². The zero-order valence-electron chi connectivity index (χ0n) is 8.16. The number of halogens is 4. The van der Waals surface area contributed by atoms with E-state index in [-0.39, 0.29) is 5.92 Å². The van der Waals surface area contributed by atoms with Crippen LogP contribution in [0.5, 0.6) is 0 Å². The van der Waals surface area contributed by atoms with Gasteiger partial charge in [0.2, 0.25) is 0 Å². The SMILES string of the molecule is CC(C#N)c1nccn1C.F[B-](F)(F)F. The Kier molecular flexibility index (Phi) is 4.84. The maximum absolute atomic E-state index is 9.75. The van der Waals surface area contributed by atoms with E-state index in [0.29, 0.717) is 0 Å². The summed E-state index contributed by atoms with van der Waals surface area (Å²) >= 11 is 0. The summed E-state index contributed by atoms with van der Waals surface area (Å²) in [6, 6.07) is 2.12. The van der Waals surface area contributed by atoms with Gasteiger partial charge in [-0.3, -0.25) is 0 Å². The van der Waals surface area contributed by atoms with Crippen molar-refractivity contribution in [3.8, 4) is 6.07 Å². The van der Waals surface area contributed by atoms with Gasteiger partial charge in [-0.15, -0.1) is 0 Å². The Bertz CT molecular complexity index is 335. The second-order valence-corrected chi connectivity index (χ2v) is 2.74. The molecule has 0 bridgehead atoms. The summed E-state index contributed by atoms with van der Waals surface area (Å²) in [7, 11) is -4.11. The van der Waals surface area contributed by atoms with E-state index in [9.17, 15) is 17.3 Å². The molecular weight excluding hydrogens is 213 g/mol. The Hall–Kier alpha value is -1.52. The molecule has 0 aliphatic carbocycles. The van der Waals surface area contributed by atoms with E-state index in [1.54, 1.807) is 6.20 Å². The zero-order chi connectivity index (χ0) is 12.1. The first-order chi connectivity index (χ1) is 6.75. The molecule has 1 unspecified atom stereocenters. The van der Waals surface area contributed by atoms with Crippen molar-refractivity contribution in [2.24, 2.45) is 7.05 Å². The fourth-order valence-electron chi connectivity index (χ4n) is 0.852. The third-order valence-corrected chi connectivity index (χ3v) is 1.44.